The van der Waals surface area contributed by atoms with Gasteiger partial charge in [0.15, 0.2) is 4.80 Å². The van der Waals surface area contributed by atoms with E-state index in [2.05, 4.69) is 4.99 Å². The number of hydrogen-bond acceptors (Lipinski definition) is 6. The standard InChI is InChI=1S/C22H19N3O5S/c1-2-30-20(28)13-24-16-5-3-4-6-17(16)31-22(24)23-21(29)14-7-9-15(10-8-14)25-18(26)11-12-19(25)27/h3-10H,2,11-13H2,1H3. The van der Waals surface area contributed by atoms with Crippen LogP contribution in [0.2, 0.25) is 0 Å². The minimum absolute atomic E-state index is 0.0535. The monoisotopic (exact) mass is 437 g/mol. The van der Waals surface area contributed by atoms with Crippen LogP contribution in [0.4, 0.5) is 5.69 Å². The molecule has 0 spiro atoms. The van der Waals surface area contributed by atoms with E-state index in [1.807, 2.05) is 24.3 Å². The molecule has 1 aliphatic rings. The van der Waals surface area contributed by atoms with E-state index in [0.29, 0.717) is 16.1 Å². The van der Waals surface area contributed by atoms with Crippen molar-refractivity contribution < 1.29 is 23.9 Å². The summed E-state index contributed by atoms with van der Waals surface area (Å²) in [6, 6.07) is 13.6. The number of ether oxygens (including phenoxy) is 1. The van der Waals surface area contributed by atoms with Crippen molar-refractivity contribution in [2.45, 2.75) is 26.3 Å². The Morgan fingerprint density at radius 3 is 2.39 bits per heavy atom. The second-order valence-corrected chi connectivity index (χ2v) is 7.84. The number of para-hydroxylation sites is 1. The van der Waals surface area contributed by atoms with Gasteiger partial charge in [-0.2, -0.15) is 4.99 Å². The van der Waals surface area contributed by atoms with Crippen LogP contribution in [-0.2, 0) is 25.7 Å². The first-order valence-electron chi connectivity index (χ1n) is 9.77. The average Bonchev–Trinajstić information content (AvgIpc) is 3.27. The fourth-order valence-corrected chi connectivity index (χ4v) is 4.39. The van der Waals surface area contributed by atoms with Crippen LogP contribution in [0.1, 0.15) is 30.1 Å². The SMILES string of the molecule is CCOC(=O)Cn1c(=NC(=O)c2ccc(N3C(=O)CCC3=O)cc2)sc2ccccc21. The summed E-state index contributed by atoms with van der Waals surface area (Å²) in [6.07, 6.45) is 0.391. The Labute approximate surface area is 181 Å². The van der Waals surface area contributed by atoms with E-state index >= 15 is 0 Å². The van der Waals surface area contributed by atoms with Gasteiger partial charge in [0.2, 0.25) is 11.8 Å². The Morgan fingerprint density at radius 2 is 1.71 bits per heavy atom. The third kappa shape index (κ3) is 4.17. The lowest BCUT2D eigenvalue weighted by Crippen LogP contribution is -2.28. The number of amides is 3. The Morgan fingerprint density at radius 1 is 1.03 bits per heavy atom. The molecule has 158 valence electrons. The first-order valence-corrected chi connectivity index (χ1v) is 10.6. The molecule has 3 amide bonds. The summed E-state index contributed by atoms with van der Waals surface area (Å²) >= 11 is 1.30. The number of carbonyl (C=O) groups is 4. The van der Waals surface area contributed by atoms with E-state index < -0.39 is 11.9 Å². The number of carbonyl (C=O) groups excluding carboxylic acids is 4. The Kier molecular flexibility index (Phi) is 5.77. The summed E-state index contributed by atoms with van der Waals surface area (Å²) < 4.78 is 7.59. The number of rotatable bonds is 5. The van der Waals surface area contributed by atoms with Crippen LogP contribution in [-0.4, -0.2) is 34.9 Å². The topological polar surface area (TPSA) is 98.0 Å². The summed E-state index contributed by atoms with van der Waals surface area (Å²) in [5.41, 5.74) is 1.53. The molecule has 31 heavy (non-hydrogen) atoms. The molecule has 0 unspecified atom stereocenters. The number of hydrogen-bond donors (Lipinski definition) is 0. The molecule has 0 atom stereocenters. The van der Waals surface area contributed by atoms with E-state index in [-0.39, 0.29) is 37.8 Å². The van der Waals surface area contributed by atoms with E-state index in [1.165, 1.54) is 23.5 Å². The van der Waals surface area contributed by atoms with E-state index in [9.17, 15) is 19.2 Å². The molecule has 8 nitrogen and oxygen atoms in total. The molecule has 0 saturated carbocycles. The van der Waals surface area contributed by atoms with Crippen LogP contribution >= 0.6 is 11.3 Å². The van der Waals surface area contributed by atoms with Gasteiger partial charge in [-0.05, 0) is 43.3 Å². The molecule has 1 aliphatic heterocycles. The fourth-order valence-electron chi connectivity index (χ4n) is 3.36. The van der Waals surface area contributed by atoms with Gasteiger partial charge in [0.05, 0.1) is 22.5 Å². The lowest BCUT2D eigenvalue weighted by atomic mass is 10.2. The van der Waals surface area contributed by atoms with Gasteiger partial charge >= 0.3 is 5.97 Å². The maximum atomic E-state index is 12.8. The van der Waals surface area contributed by atoms with Gasteiger partial charge in [0.25, 0.3) is 5.91 Å². The number of aromatic nitrogens is 1. The molecule has 1 fully saturated rings. The first kappa shape index (κ1) is 20.7. The van der Waals surface area contributed by atoms with Crippen molar-refractivity contribution in [3.8, 4) is 0 Å². The minimum Gasteiger partial charge on any atom is -0.465 e. The normalized spacial score (nSPS) is 14.5. The lowest BCUT2D eigenvalue weighted by molar-refractivity contribution is -0.143. The largest absolute Gasteiger partial charge is 0.465 e. The smallest absolute Gasteiger partial charge is 0.326 e. The van der Waals surface area contributed by atoms with Crippen LogP contribution in [0.3, 0.4) is 0 Å². The number of imide groups is 1. The number of nitrogens with zero attached hydrogens (tertiary/aromatic N) is 3. The predicted octanol–water partition coefficient (Wildman–Crippen LogP) is 2.66. The first-order chi connectivity index (χ1) is 15.0. The Balaban J connectivity index is 1.66. The molecule has 0 N–H and O–H groups in total. The number of benzene rings is 2. The van der Waals surface area contributed by atoms with Crippen molar-refractivity contribution in [3.05, 3.63) is 58.9 Å². The third-order valence-corrected chi connectivity index (χ3v) is 5.86. The summed E-state index contributed by atoms with van der Waals surface area (Å²) in [5, 5.41) is 0. The van der Waals surface area contributed by atoms with Gasteiger partial charge < -0.3 is 9.30 Å². The van der Waals surface area contributed by atoms with Gasteiger partial charge in [0.1, 0.15) is 6.54 Å². The molecular weight excluding hydrogens is 418 g/mol. The molecule has 1 aromatic heterocycles. The highest BCUT2D eigenvalue weighted by Gasteiger charge is 2.30. The summed E-state index contributed by atoms with van der Waals surface area (Å²) in [5.74, 6) is -1.41. The average molecular weight is 437 g/mol. The molecule has 4 rings (SSSR count). The van der Waals surface area contributed by atoms with Crippen molar-refractivity contribution in [2.75, 3.05) is 11.5 Å². The van der Waals surface area contributed by atoms with Crippen molar-refractivity contribution in [1.29, 1.82) is 0 Å². The van der Waals surface area contributed by atoms with Crippen LogP contribution < -0.4 is 9.70 Å². The maximum Gasteiger partial charge on any atom is 0.326 e. The summed E-state index contributed by atoms with van der Waals surface area (Å²) in [4.78, 5) is 54.3. The zero-order valence-corrected chi connectivity index (χ0v) is 17.6. The highest BCUT2D eigenvalue weighted by Crippen LogP contribution is 2.23. The van der Waals surface area contributed by atoms with Crippen molar-refractivity contribution in [3.63, 3.8) is 0 Å². The van der Waals surface area contributed by atoms with Crippen molar-refractivity contribution >= 4 is 50.9 Å². The van der Waals surface area contributed by atoms with Crippen LogP contribution in [0, 0.1) is 0 Å². The molecule has 0 aliphatic carbocycles. The zero-order chi connectivity index (χ0) is 22.0. The number of esters is 1. The lowest BCUT2D eigenvalue weighted by Gasteiger charge is -2.13. The number of thiazole rings is 1. The molecule has 1 saturated heterocycles. The zero-order valence-electron chi connectivity index (χ0n) is 16.7. The Bertz CT molecular complexity index is 1240. The van der Waals surface area contributed by atoms with Crippen LogP contribution in [0.5, 0.6) is 0 Å². The van der Waals surface area contributed by atoms with E-state index in [1.54, 1.807) is 23.6 Å². The molecule has 3 aromatic rings. The van der Waals surface area contributed by atoms with Crippen LogP contribution in [0.15, 0.2) is 53.5 Å². The predicted molar refractivity (Wildman–Crippen MR) is 115 cm³/mol. The second kappa shape index (κ2) is 8.65. The number of anilines is 1. The maximum absolute atomic E-state index is 12.8. The molecule has 2 aromatic carbocycles. The highest BCUT2D eigenvalue weighted by molar-refractivity contribution is 7.16. The summed E-state index contributed by atoms with van der Waals surface area (Å²) in [7, 11) is 0. The molecular formula is C22H19N3O5S. The van der Waals surface area contributed by atoms with Gasteiger partial charge in [-0.3, -0.25) is 24.1 Å². The highest BCUT2D eigenvalue weighted by atomic mass is 32.1. The fraction of sp³-hybridized carbons (Fsp3) is 0.227. The van der Waals surface area contributed by atoms with Gasteiger partial charge in [0, 0.05) is 18.4 Å². The van der Waals surface area contributed by atoms with Crippen molar-refractivity contribution in [2.24, 2.45) is 4.99 Å². The molecule has 0 radical (unpaired) electrons. The second-order valence-electron chi connectivity index (χ2n) is 6.83. The van der Waals surface area contributed by atoms with E-state index in [0.717, 1.165) is 15.1 Å². The molecule has 0 bridgehead atoms. The third-order valence-electron chi connectivity index (χ3n) is 4.80. The van der Waals surface area contributed by atoms with Gasteiger partial charge in [-0.15, -0.1) is 0 Å². The van der Waals surface area contributed by atoms with Gasteiger partial charge in [-0.25, -0.2) is 0 Å². The molecule has 2 heterocycles. The Hall–Kier alpha value is -3.59. The number of fused-ring (bicyclic) bond motifs is 1. The van der Waals surface area contributed by atoms with E-state index in [4.69, 9.17) is 4.74 Å². The minimum atomic E-state index is -0.491. The van der Waals surface area contributed by atoms with Gasteiger partial charge in [-0.1, -0.05) is 23.5 Å². The summed E-state index contributed by atoms with van der Waals surface area (Å²) in [6.45, 7) is 1.94. The molecule has 9 heteroatoms. The van der Waals surface area contributed by atoms with Crippen molar-refractivity contribution in [1.82, 2.24) is 4.57 Å². The van der Waals surface area contributed by atoms with Crippen LogP contribution in [0.25, 0.3) is 10.2 Å². The quantitative estimate of drug-likeness (QED) is 0.452.